The number of carbonyl (C=O) groups is 3. The Labute approximate surface area is 249 Å². The van der Waals surface area contributed by atoms with Crippen LogP contribution in [0.3, 0.4) is 0 Å². The molecule has 0 atom stereocenters. The monoisotopic (exact) mass is 598 g/mol. The van der Waals surface area contributed by atoms with E-state index in [1.54, 1.807) is 91.3 Å². The van der Waals surface area contributed by atoms with Crippen LogP contribution in [-0.4, -0.2) is 72.8 Å². The highest BCUT2D eigenvalue weighted by atomic mass is 16.6. The van der Waals surface area contributed by atoms with Crippen molar-refractivity contribution < 1.29 is 33.5 Å². The second kappa shape index (κ2) is 12.2. The fourth-order valence-corrected chi connectivity index (χ4v) is 3.74. The van der Waals surface area contributed by atoms with Crippen molar-refractivity contribution in [3.05, 3.63) is 52.7 Å². The normalized spacial score (nSPS) is 12.0. The van der Waals surface area contributed by atoms with E-state index in [9.17, 15) is 24.5 Å². The molecule has 2 aromatic heterocycles. The quantitative estimate of drug-likeness (QED) is 0.180. The maximum Gasteiger partial charge on any atom is 0.419 e. The highest BCUT2D eigenvalue weighted by Gasteiger charge is 2.33. The van der Waals surface area contributed by atoms with E-state index < -0.39 is 40.0 Å². The van der Waals surface area contributed by atoms with Gasteiger partial charge in [0, 0.05) is 30.3 Å². The van der Waals surface area contributed by atoms with Crippen LogP contribution in [0.5, 0.6) is 0 Å². The first kappa shape index (κ1) is 32.8. The zero-order valence-corrected chi connectivity index (χ0v) is 25.9. The number of imide groups is 1. The van der Waals surface area contributed by atoms with Gasteiger partial charge in [-0.3, -0.25) is 19.6 Å². The van der Waals surface area contributed by atoms with E-state index in [-0.39, 0.29) is 24.6 Å². The molecule has 0 aliphatic heterocycles. The first-order valence-corrected chi connectivity index (χ1v) is 13.6. The summed E-state index contributed by atoms with van der Waals surface area (Å²) in [7, 11) is 0. The lowest BCUT2D eigenvalue weighted by Gasteiger charge is -2.31. The summed E-state index contributed by atoms with van der Waals surface area (Å²) in [5.74, 6) is 0.485. The maximum atomic E-state index is 13.3. The number of amides is 3. The number of nitrogens with zero attached hydrogens (tertiary/aromatic N) is 6. The summed E-state index contributed by atoms with van der Waals surface area (Å²) in [5.41, 5.74) is -2.01. The predicted octanol–water partition coefficient (Wildman–Crippen LogP) is 6.24. The Morgan fingerprint density at radius 1 is 0.791 bits per heavy atom. The molecule has 0 N–H and O–H groups in total. The largest absolute Gasteiger partial charge is 0.443 e. The Hall–Kier alpha value is -4.75. The molecule has 0 bridgehead atoms. The molecule has 2 heterocycles. The second-order valence-electron chi connectivity index (χ2n) is 12.7. The van der Waals surface area contributed by atoms with E-state index in [2.05, 4.69) is 10.2 Å². The van der Waals surface area contributed by atoms with Crippen molar-refractivity contribution in [2.75, 3.05) is 18.0 Å². The van der Waals surface area contributed by atoms with E-state index in [1.165, 1.54) is 18.2 Å². The number of non-ortho nitro benzene ring substituents is 1. The standard InChI is InChI=1S/C29H38N6O8/c1-27(2,3)41-24(36)33(16-17-34(25(37)42-28(4,5)6)26(38)43-29(7,8)9)23-13-12-22(30-31-23)32-15-14-19-18-20(35(39)40)10-11-21(19)32/h10-15,18H,16-17H2,1-9H3. The fourth-order valence-electron chi connectivity index (χ4n) is 3.74. The van der Waals surface area contributed by atoms with Crippen LogP contribution in [-0.2, 0) is 14.2 Å². The Morgan fingerprint density at radius 2 is 1.35 bits per heavy atom. The molecule has 3 rings (SSSR count). The number of nitro groups is 1. The van der Waals surface area contributed by atoms with Gasteiger partial charge in [0.05, 0.1) is 17.0 Å². The number of hydrogen-bond acceptors (Lipinski definition) is 10. The Balaban J connectivity index is 1.93. The Bertz CT molecular complexity index is 1470. The molecule has 3 aromatic rings. The third-order valence-electron chi connectivity index (χ3n) is 5.43. The van der Waals surface area contributed by atoms with Gasteiger partial charge in [0.2, 0.25) is 0 Å². The summed E-state index contributed by atoms with van der Waals surface area (Å²) in [5, 5.41) is 20.3. The number of nitro benzene ring substituents is 1. The third kappa shape index (κ3) is 9.12. The lowest BCUT2D eigenvalue weighted by atomic mass is 10.2. The molecule has 232 valence electrons. The van der Waals surface area contributed by atoms with Crippen molar-refractivity contribution in [2.24, 2.45) is 0 Å². The van der Waals surface area contributed by atoms with Crippen molar-refractivity contribution in [1.29, 1.82) is 0 Å². The van der Waals surface area contributed by atoms with Gasteiger partial charge < -0.3 is 14.2 Å². The third-order valence-corrected chi connectivity index (χ3v) is 5.43. The fraction of sp³-hybridized carbons (Fsp3) is 0.483. The van der Waals surface area contributed by atoms with Crippen molar-refractivity contribution >= 4 is 40.7 Å². The van der Waals surface area contributed by atoms with E-state index in [0.29, 0.717) is 16.7 Å². The molecule has 14 nitrogen and oxygen atoms in total. The minimum absolute atomic E-state index is 0.0357. The van der Waals surface area contributed by atoms with E-state index in [1.807, 2.05) is 0 Å². The van der Waals surface area contributed by atoms with Crippen molar-refractivity contribution in [1.82, 2.24) is 19.7 Å². The zero-order valence-electron chi connectivity index (χ0n) is 25.9. The van der Waals surface area contributed by atoms with Crippen molar-refractivity contribution in [2.45, 2.75) is 79.1 Å². The predicted molar refractivity (Wildman–Crippen MR) is 158 cm³/mol. The summed E-state index contributed by atoms with van der Waals surface area (Å²) in [6.07, 6.45) is -0.954. The van der Waals surface area contributed by atoms with Crippen molar-refractivity contribution in [3.63, 3.8) is 0 Å². The molecule has 0 aliphatic rings. The van der Waals surface area contributed by atoms with Crippen LogP contribution in [0.15, 0.2) is 42.6 Å². The minimum Gasteiger partial charge on any atom is -0.443 e. The molecule has 14 heteroatoms. The molecule has 0 unspecified atom stereocenters. The molecule has 0 radical (unpaired) electrons. The Kier molecular flexibility index (Phi) is 9.32. The zero-order chi connectivity index (χ0) is 32.3. The molecule has 0 fully saturated rings. The maximum absolute atomic E-state index is 13.3. The number of aromatic nitrogens is 3. The topological polar surface area (TPSA) is 159 Å². The average Bonchev–Trinajstić information content (AvgIpc) is 3.26. The number of fused-ring (bicyclic) bond motifs is 1. The molecule has 3 amide bonds. The summed E-state index contributed by atoms with van der Waals surface area (Å²) in [4.78, 5) is 51.8. The van der Waals surface area contributed by atoms with Crippen LogP contribution in [0.2, 0.25) is 0 Å². The van der Waals surface area contributed by atoms with Gasteiger partial charge in [-0.1, -0.05) is 0 Å². The van der Waals surface area contributed by atoms with E-state index >= 15 is 0 Å². The summed E-state index contributed by atoms with van der Waals surface area (Å²) >= 11 is 0. The van der Waals surface area contributed by atoms with Gasteiger partial charge in [-0.25, -0.2) is 19.3 Å². The first-order valence-electron chi connectivity index (χ1n) is 13.6. The Morgan fingerprint density at radius 3 is 1.84 bits per heavy atom. The molecular weight excluding hydrogens is 560 g/mol. The van der Waals surface area contributed by atoms with Crippen molar-refractivity contribution in [3.8, 4) is 5.82 Å². The summed E-state index contributed by atoms with van der Waals surface area (Å²) in [6, 6.07) is 9.32. The molecule has 43 heavy (non-hydrogen) atoms. The molecule has 0 saturated carbocycles. The first-order chi connectivity index (χ1) is 19.7. The number of rotatable bonds is 6. The number of benzene rings is 1. The molecule has 0 saturated heterocycles. The molecule has 1 aromatic carbocycles. The number of carbonyl (C=O) groups excluding carboxylic acids is 3. The highest BCUT2D eigenvalue weighted by molar-refractivity contribution is 5.90. The highest BCUT2D eigenvalue weighted by Crippen LogP contribution is 2.25. The number of hydrogen-bond donors (Lipinski definition) is 0. The summed E-state index contributed by atoms with van der Waals surface area (Å²) < 4.78 is 18.1. The van der Waals surface area contributed by atoms with Crippen LogP contribution in [0.25, 0.3) is 16.7 Å². The van der Waals surface area contributed by atoms with Gasteiger partial charge in [-0.15, -0.1) is 10.2 Å². The number of anilines is 1. The van der Waals surface area contributed by atoms with Gasteiger partial charge in [-0.2, -0.15) is 0 Å². The SMILES string of the molecule is CC(C)(C)OC(=O)N(CCN(C(=O)OC(C)(C)C)c1ccc(-n2ccc3cc([N+](=O)[O-])ccc32)nn1)C(=O)OC(C)(C)C. The van der Waals surface area contributed by atoms with Gasteiger partial charge in [0.1, 0.15) is 16.8 Å². The van der Waals surface area contributed by atoms with Gasteiger partial charge in [0.25, 0.3) is 5.69 Å². The lowest BCUT2D eigenvalue weighted by molar-refractivity contribution is -0.384. The van der Waals surface area contributed by atoms with E-state index in [4.69, 9.17) is 14.2 Å². The van der Waals surface area contributed by atoms with Crippen LogP contribution in [0.1, 0.15) is 62.3 Å². The van der Waals surface area contributed by atoms with Crippen LogP contribution in [0.4, 0.5) is 25.9 Å². The molecular formula is C29H38N6O8. The second-order valence-corrected chi connectivity index (χ2v) is 12.7. The van der Waals surface area contributed by atoms with Gasteiger partial charge in [0.15, 0.2) is 11.6 Å². The lowest BCUT2D eigenvalue weighted by Crippen LogP contribution is -2.48. The van der Waals surface area contributed by atoms with Gasteiger partial charge >= 0.3 is 18.3 Å². The molecule has 0 aliphatic carbocycles. The average molecular weight is 599 g/mol. The van der Waals surface area contributed by atoms with Crippen LogP contribution in [0, 0.1) is 10.1 Å². The van der Waals surface area contributed by atoms with Crippen LogP contribution >= 0.6 is 0 Å². The smallest absolute Gasteiger partial charge is 0.419 e. The summed E-state index contributed by atoms with van der Waals surface area (Å²) in [6.45, 7) is 14.6. The van der Waals surface area contributed by atoms with E-state index in [0.717, 1.165) is 9.80 Å². The number of ether oxygens (including phenoxy) is 3. The van der Waals surface area contributed by atoms with Crippen LogP contribution < -0.4 is 4.90 Å². The van der Waals surface area contributed by atoms with Gasteiger partial charge in [-0.05, 0) is 86.6 Å². The molecule has 0 spiro atoms. The minimum atomic E-state index is -0.938.